The Hall–Kier alpha value is -2.77. The number of nitrogens with two attached hydrogens (primary N) is 1. The third kappa shape index (κ3) is 6.64. The molecule has 3 N–H and O–H groups in total. The van der Waals surface area contributed by atoms with Crippen LogP contribution in [0.25, 0.3) is 0 Å². The third-order valence-corrected chi connectivity index (χ3v) is 7.75. The van der Waals surface area contributed by atoms with Crippen LogP contribution in [0.1, 0.15) is 42.8 Å². The van der Waals surface area contributed by atoms with E-state index in [4.69, 9.17) is 4.79 Å². The average Bonchev–Trinajstić information content (AvgIpc) is 3.45. The smallest absolute Gasteiger partial charge is 0.204 e. The summed E-state index contributed by atoms with van der Waals surface area (Å²) in [6.07, 6.45) is 5.37. The van der Waals surface area contributed by atoms with E-state index in [2.05, 4.69) is 71.2 Å². The quantitative estimate of drug-likeness (QED) is 0.424. The van der Waals surface area contributed by atoms with Gasteiger partial charge in [-0.1, -0.05) is 24.3 Å². The number of hydrogen-bond acceptors (Lipinski definition) is 5. The van der Waals surface area contributed by atoms with Crippen molar-refractivity contribution < 1.29 is 9.18 Å². The number of halogens is 1. The van der Waals surface area contributed by atoms with Gasteiger partial charge in [-0.15, -0.1) is 11.3 Å². The van der Waals surface area contributed by atoms with Gasteiger partial charge in [0.1, 0.15) is 0 Å². The number of thiophene rings is 1. The highest BCUT2D eigenvalue weighted by atomic mass is 32.1. The largest absolute Gasteiger partial charge is 0.384 e. The summed E-state index contributed by atoms with van der Waals surface area (Å²) in [5.41, 5.74) is 7.69. The third-order valence-electron chi connectivity index (χ3n) is 6.82. The lowest BCUT2D eigenvalue weighted by atomic mass is 9.81. The van der Waals surface area contributed by atoms with Gasteiger partial charge < -0.3 is 11.1 Å². The first kappa shape index (κ1) is 25.8. The lowest BCUT2D eigenvalue weighted by Crippen LogP contribution is -2.43. The molecule has 0 spiro atoms. The second-order valence-electron chi connectivity index (χ2n) is 9.48. The van der Waals surface area contributed by atoms with Crippen LogP contribution in [0, 0.1) is 17.5 Å². The molecule has 1 fully saturated rings. The van der Waals surface area contributed by atoms with Gasteiger partial charge in [0, 0.05) is 46.5 Å². The molecule has 0 radical (unpaired) electrons. The SMILES string of the molecule is Cc1ccc(C(C)(C)N2CCC(CCc3ccc(F)s3)(CNc3ccccc3)C2)cn1.NC=O. The number of carbonyl (C=O) groups excluding carboxylic acids is 1. The molecule has 34 heavy (non-hydrogen) atoms. The van der Waals surface area contributed by atoms with Gasteiger partial charge in [0.25, 0.3) is 0 Å². The zero-order valence-corrected chi connectivity index (χ0v) is 21.1. The number of nitrogens with zero attached hydrogens (tertiary/aromatic N) is 2. The normalized spacial score (nSPS) is 18.2. The molecule has 1 amide bonds. The lowest BCUT2D eigenvalue weighted by molar-refractivity contribution is -0.106. The number of likely N-dealkylation sites (tertiary alicyclic amines) is 1. The van der Waals surface area contributed by atoms with E-state index >= 15 is 0 Å². The number of hydrogen-bond donors (Lipinski definition) is 2. The number of carbonyl (C=O) groups is 1. The topological polar surface area (TPSA) is 71.2 Å². The number of aryl methyl sites for hydroxylation is 2. The van der Waals surface area contributed by atoms with E-state index in [1.807, 2.05) is 25.3 Å². The minimum atomic E-state index is -0.0903. The summed E-state index contributed by atoms with van der Waals surface area (Å²) in [5.74, 6) is 0. The average molecular weight is 483 g/mol. The van der Waals surface area contributed by atoms with E-state index < -0.39 is 0 Å². The highest BCUT2D eigenvalue weighted by Gasteiger charge is 2.43. The number of benzene rings is 1. The maximum Gasteiger partial charge on any atom is 0.204 e. The molecule has 0 bridgehead atoms. The van der Waals surface area contributed by atoms with Crippen molar-refractivity contribution in [2.24, 2.45) is 11.1 Å². The van der Waals surface area contributed by atoms with Crippen molar-refractivity contribution >= 4 is 23.4 Å². The summed E-state index contributed by atoms with van der Waals surface area (Å²) >= 11 is 1.28. The Kier molecular flexibility index (Phi) is 8.80. The Bertz CT molecular complexity index is 1040. The summed E-state index contributed by atoms with van der Waals surface area (Å²) in [4.78, 5) is 16.9. The molecule has 182 valence electrons. The fourth-order valence-corrected chi connectivity index (χ4v) is 5.31. The molecule has 3 heterocycles. The van der Waals surface area contributed by atoms with Crippen LogP contribution in [-0.4, -0.2) is 35.9 Å². The van der Waals surface area contributed by atoms with Crippen LogP contribution in [0.5, 0.6) is 0 Å². The van der Waals surface area contributed by atoms with E-state index in [1.165, 1.54) is 16.9 Å². The standard InChI is InChI=1S/C26H32FN3S.CH3NO/c1-20-9-10-21(17-28-20)25(2,3)30-16-15-26(19-30,14-13-23-11-12-24(27)31-23)18-29-22-7-5-4-6-8-22;2-1-3/h4-12,17,29H,13-16,18-19H2,1-3H3;1H,(H2,2,3). The zero-order chi connectivity index (χ0) is 24.6. The molecule has 3 aromatic rings. The van der Waals surface area contributed by atoms with Crippen molar-refractivity contribution in [1.82, 2.24) is 9.88 Å². The number of aromatic nitrogens is 1. The van der Waals surface area contributed by atoms with Crippen LogP contribution < -0.4 is 11.1 Å². The predicted molar refractivity (Wildman–Crippen MR) is 138 cm³/mol. The second kappa shape index (κ2) is 11.6. The highest BCUT2D eigenvalue weighted by Crippen LogP contribution is 2.42. The minimum Gasteiger partial charge on any atom is -0.384 e. The summed E-state index contributed by atoms with van der Waals surface area (Å²) in [7, 11) is 0. The molecule has 4 rings (SSSR count). The van der Waals surface area contributed by atoms with Gasteiger partial charge in [-0.2, -0.15) is 4.39 Å². The van der Waals surface area contributed by atoms with Crippen LogP contribution in [-0.2, 0) is 16.8 Å². The zero-order valence-electron chi connectivity index (χ0n) is 20.3. The van der Waals surface area contributed by atoms with Crippen molar-refractivity contribution in [3.63, 3.8) is 0 Å². The first-order valence-electron chi connectivity index (χ1n) is 11.6. The van der Waals surface area contributed by atoms with Gasteiger partial charge in [-0.05, 0) is 82.5 Å². The van der Waals surface area contributed by atoms with Crippen molar-refractivity contribution in [3.05, 3.63) is 82.1 Å². The Morgan fingerprint density at radius 2 is 1.94 bits per heavy atom. The van der Waals surface area contributed by atoms with E-state index in [-0.39, 0.29) is 22.5 Å². The molecular formula is C27H35FN4OS. The highest BCUT2D eigenvalue weighted by molar-refractivity contribution is 7.10. The number of anilines is 1. The second-order valence-corrected chi connectivity index (χ2v) is 10.6. The number of rotatable bonds is 8. The van der Waals surface area contributed by atoms with Gasteiger partial charge in [-0.25, -0.2) is 0 Å². The van der Waals surface area contributed by atoms with Gasteiger partial charge in [0.15, 0.2) is 5.13 Å². The van der Waals surface area contributed by atoms with Crippen LogP contribution in [0.15, 0.2) is 60.8 Å². The van der Waals surface area contributed by atoms with Crippen LogP contribution in [0.3, 0.4) is 0 Å². The molecule has 1 aliphatic heterocycles. The van der Waals surface area contributed by atoms with E-state index in [1.54, 1.807) is 6.07 Å². The first-order chi connectivity index (χ1) is 16.3. The number of para-hydroxylation sites is 1. The Morgan fingerprint density at radius 1 is 1.21 bits per heavy atom. The van der Waals surface area contributed by atoms with Crippen LogP contribution in [0.2, 0.25) is 0 Å². The van der Waals surface area contributed by atoms with E-state index in [0.717, 1.165) is 55.2 Å². The number of primary amides is 1. The minimum absolute atomic E-state index is 0.0791. The van der Waals surface area contributed by atoms with E-state index in [0.29, 0.717) is 0 Å². The fraction of sp³-hybridized carbons (Fsp3) is 0.407. The molecule has 1 saturated heterocycles. The van der Waals surface area contributed by atoms with Crippen LogP contribution in [0.4, 0.5) is 10.1 Å². The predicted octanol–water partition coefficient (Wildman–Crippen LogP) is 5.36. The molecule has 0 aliphatic carbocycles. The number of nitrogens with one attached hydrogen (secondary N) is 1. The lowest BCUT2D eigenvalue weighted by Gasteiger charge is -2.38. The van der Waals surface area contributed by atoms with Gasteiger partial charge in [0.05, 0.1) is 0 Å². The van der Waals surface area contributed by atoms with Gasteiger partial charge >= 0.3 is 0 Å². The van der Waals surface area contributed by atoms with Crippen molar-refractivity contribution in [1.29, 1.82) is 0 Å². The summed E-state index contributed by atoms with van der Waals surface area (Å²) in [5, 5.41) is 3.59. The molecule has 5 nitrogen and oxygen atoms in total. The van der Waals surface area contributed by atoms with Crippen LogP contribution >= 0.6 is 11.3 Å². The molecular weight excluding hydrogens is 447 g/mol. The number of pyridine rings is 1. The number of amides is 1. The maximum absolute atomic E-state index is 13.5. The van der Waals surface area contributed by atoms with Gasteiger partial charge in [0.2, 0.25) is 6.41 Å². The molecule has 1 aliphatic rings. The summed E-state index contributed by atoms with van der Waals surface area (Å²) in [6.45, 7) is 9.62. The van der Waals surface area contributed by atoms with Crippen molar-refractivity contribution in [2.75, 3.05) is 25.0 Å². The van der Waals surface area contributed by atoms with Gasteiger partial charge in [-0.3, -0.25) is 14.7 Å². The summed E-state index contributed by atoms with van der Waals surface area (Å²) in [6, 6.07) is 18.3. The Labute approximate surface area is 206 Å². The summed E-state index contributed by atoms with van der Waals surface area (Å²) < 4.78 is 13.5. The molecule has 0 saturated carbocycles. The molecule has 2 aromatic heterocycles. The molecule has 1 atom stereocenters. The monoisotopic (exact) mass is 482 g/mol. The first-order valence-corrected chi connectivity index (χ1v) is 12.5. The Balaban J connectivity index is 0.00000103. The maximum atomic E-state index is 13.5. The fourth-order valence-electron chi connectivity index (χ4n) is 4.58. The molecule has 1 aromatic carbocycles. The molecule has 1 unspecified atom stereocenters. The van der Waals surface area contributed by atoms with Crippen molar-refractivity contribution in [3.8, 4) is 0 Å². The van der Waals surface area contributed by atoms with E-state index in [9.17, 15) is 4.39 Å². The Morgan fingerprint density at radius 3 is 2.56 bits per heavy atom. The van der Waals surface area contributed by atoms with Crippen molar-refractivity contribution in [2.45, 2.75) is 45.6 Å². The molecule has 7 heteroatoms.